The van der Waals surface area contributed by atoms with Gasteiger partial charge >= 0.3 is 5.97 Å². The van der Waals surface area contributed by atoms with Crippen LogP contribution in [0.4, 0.5) is 0 Å². The van der Waals surface area contributed by atoms with Crippen molar-refractivity contribution in [2.24, 2.45) is 11.3 Å². The van der Waals surface area contributed by atoms with E-state index in [1.807, 2.05) is 0 Å². The molecule has 102 valence electrons. The van der Waals surface area contributed by atoms with E-state index in [4.69, 9.17) is 5.11 Å². The van der Waals surface area contributed by atoms with E-state index in [1.165, 1.54) is 11.9 Å². The van der Waals surface area contributed by atoms with Gasteiger partial charge in [-0.05, 0) is 12.8 Å². The highest BCUT2D eigenvalue weighted by Crippen LogP contribution is 2.42. The Balaban J connectivity index is 2.73. The largest absolute Gasteiger partial charge is 0.481 e. The third-order valence-corrected chi connectivity index (χ3v) is 3.59. The number of nitrogens with one attached hydrogen (secondary N) is 1. The monoisotopic (exact) mass is 256 g/mol. The van der Waals surface area contributed by atoms with Crippen molar-refractivity contribution >= 4 is 17.8 Å². The summed E-state index contributed by atoms with van der Waals surface area (Å²) in [5.41, 5.74) is -0.971. The van der Waals surface area contributed by atoms with Gasteiger partial charge < -0.3 is 15.3 Å². The fourth-order valence-corrected chi connectivity index (χ4v) is 2.24. The standard InChI is InChI=1S/C12H20N2O4/c1-8(9(15)16)7-14(3)11(18)12(5-4-6-12)10(17)13-2/h8H,4-7H2,1-3H3,(H,13,17)(H,15,16)/t8-/m1/s1. The predicted molar refractivity (Wildman–Crippen MR) is 64.8 cm³/mol. The molecule has 0 aromatic rings. The lowest BCUT2D eigenvalue weighted by Gasteiger charge is -2.41. The molecule has 2 N–H and O–H groups in total. The van der Waals surface area contributed by atoms with Gasteiger partial charge in [0.15, 0.2) is 0 Å². The van der Waals surface area contributed by atoms with Crippen molar-refractivity contribution in [2.45, 2.75) is 26.2 Å². The number of nitrogens with zero attached hydrogens (tertiary/aromatic N) is 1. The van der Waals surface area contributed by atoms with Crippen LogP contribution in [-0.2, 0) is 14.4 Å². The van der Waals surface area contributed by atoms with E-state index in [-0.39, 0.29) is 18.4 Å². The molecule has 1 aliphatic carbocycles. The Morgan fingerprint density at radius 1 is 1.39 bits per heavy atom. The SMILES string of the molecule is CNC(=O)C1(C(=O)N(C)C[C@@H](C)C(=O)O)CCC1. The second-order valence-corrected chi connectivity index (χ2v) is 4.94. The lowest BCUT2D eigenvalue weighted by Crippen LogP contribution is -2.55. The summed E-state index contributed by atoms with van der Waals surface area (Å²) >= 11 is 0. The predicted octanol–water partition coefficient (Wildman–Crippen LogP) is 0.0818. The summed E-state index contributed by atoms with van der Waals surface area (Å²) < 4.78 is 0. The third kappa shape index (κ3) is 2.47. The number of hydrogen-bond acceptors (Lipinski definition) is 3. The first kappa shape index (κ1) is 14.5. The Kier molecular flexibility index (Phi) is 4.32. The first-order chi connectivity index (χ1) is 8.35. The van der Waals surface area contributed by atoms with E-state index < -0.39 is 17.3 Å². The second-order valence-electron chi connectivity index (χ2n) is 4.94. The van der Waals surface area contributed by atoms with E-state index >= 15 is 0 Å². The molecule has 6 heteroatoms. The lowest BCUT2D eigenvalue weighted by atomic mass is 9.67. The summed E-state index contributed by atoms with van der Waals surface area (Å²) in [6.07, 6.45) is 1.93. The summed E-state index contributed by atoms with van der Waals surface area (Å²) in [7, 11) is 3.06. The van der Waals surface area contributed by atoms with Crippen LogP contribution in [0.25, 0.3) is 0 Å². The molecule has 0 aromatic heterocycles. The molecule has 0 radical (unpaired) electrons. The van der Waals surface area contributed by atoms with Crippen LogP contribution in [-0.4, -0.2) is 48.4 Å². The van der Waals surface area contributed by atoms with E-state index in [0.717, 1.165) is 6.42 Å². The first-order valence-electron chi connectivity index (χ1n) is 6.05. The number of amides is 2. The molecule has 2 amide bonds. The van der Waals surface area contributed by atoms with Crippen LogP contribution in [0.3, 0.4) is 0 Å². The molecule has 1 aliphatic rings. The molecule has 18 heavy (non-hydrogen) atoms. The van der Waals surface area contributed by atoms with Crippen LogP contribution in [0.15, 0.2) is 0 Å². The Morgan fingerprint density at radius 2 is 1.94 bits per heavy atom. The van der Waals surface area contributed by atoms with E-state index in [2.05, 4.69) is 5.32 Å². The summed E-state index contributed by atoms with van der Waals surface area (Å²) in [6.45, 7) is 1.66. The van der Waals surface area contributed by atoms with Gasteiger partial charge in [-0.15, -0.1) is 0 Å². The summed E-state index contributed by atoms with van der Waals surface area (Å²) in [4.78, 5) is 36.2. The van der Waals surface area contributed by atoms with Crippen LogP contribution in [0, 0.1) is 11.3 Å². The minimum Gasteiger partial charge on any atom is -0.481 e. The van der Waals surface area contributed by atoms with Crippen LogP contribution in [0.1, 0.15) is 26.2 Å². The average Bonchev–Trinajstić information content (AvgIpc) is 2.26. The van der Waals surface area contributed by atoms with E-state index in [0.29, 0.717) is 12.8 Å². The smallest absolute Gasteiger partial charge is 0.308 e. The number of hydrogen-bond donors (Lipinski definition) is 2. The topological polar surface area (TPSA) is 86.7 Å². The van der Waals surface area contributed by atoms with Crippen molar-refractivity contribution in [3.63, 3.8) is 0 Å². The lowest BCUT2D eigenvalue weighted by molar-refractivity contribution is -0.156. The molecule has 6 nitrogen and oxygen atoms in total. The van der Waals surface area contributed by atoms with Gasteiger partial charge in [0.05, 0.1) is 5.92 Å². The van der Waals surface area contributed by atoms with Crippen LogP contribution < -0.4 is 5.32 Å². The highest BCUT2D eigenvalue weighted by molar-refractivity contribution is 6.05. The fraction of sp³-hybridized carbons (Fsp3) is 0.750. The van der Waals surface area contributed by atoms with Crippen molar-refractivity contribution in [3.8, 4) is 0 Å². The zero-order valence-electron chi connectivity index (χ0n) is 11.0. The minimum atomic E-state index is -0.971. The third-order valence-electron chi connectivity index (χ3n) is 3.59. The Labute approximate surface area is 106 Å². The first-order valence-corrected chi connectivity index (χ1v) is 6.05. The van der Waals surface area contributed by atoms with Crippen molar-refractivity contribution < 1.29 is 19.5 Å². The molecule has 1 saturated carbocycles. The molecule has 0 saturated heterocycles. The number of aliphatic carboxylic acids is 1. The molecule has 0 heterocycles. The number of carboxylic acids is 1. The Hall–Kier alpha value is -1.59. The van der Waals surface area contributed by atoms with Gasteiger partial charge in [0, 0.05) is 20.6 Å². The summed E-state index contributed by atoms with van der Waals surface area (Å²) in [5, 5.41) is 11.3. The molecular weight excluding hydrogens is 236 g/mol. The van der Waals surface area contributed by atoms with Crippen LogP contribution in [0.5, 0.6) is 0 Å². The average molecular weight is 256 g/mol. The van der Waals surface area contributed by atoms with Crippen molar-refractivity contribution in [1.29, 1.82) is 0 Å². The zero-order chi connectivity index (χ0) is 13.9. The molecule has 0 spiro atoms. The molecule has 0 bridgehead atoms. The Morgan fingerprint density at radius 3 is 2.28 bits per heavy atom. The van der Waals surface area contributed by atoms with Crippen molar-refractivity contribution in [1.82, 2.24) is 10.2 Å². The van der Waals surface area contributed by atoms with Crippen LogP contribution in [0.2, 0.25) is 0 Å². The number of carboxylic acid groups (broad SMARTS) is 1. The second kappa shape index (κ2) is 5.37. The molecule has 1 atom stereocenters. The van der Waals surface area contributed by atoms with Gasteiger partial charge in [0.25, 0.3) is 0 Å². The zero-order valence-corrected chi connectivity index (χ0v) is 11.0. The Bertz CT molecular complexity index is 363. The summed E-state index contributed by atoms with van der Waals surface area (Å²) in [5.74, 6) is -2.13. The quantitative estimate of drug-likeness (QED) is 0.682. The number of carbonyl (C=O) groups excluding carboxylic acids is 2. The minimum absolute atomic E-state index is 0.118. The maximum Gasteiger partial charge on any atom is 0.308 e. The van der Waals surface area contributed by atoms with Crippen molar-refractivity contribution in [3.05, 3.63) is 0 Å². The molecule has 0 unspecified atom stereocenters. The maximum absolute atomic E-state index is 12.3. The molecule has 1 fully saturated rings. The van der Waals surface area contributed by atoms with Gasteiger partial charge in [0.2, 0.25) is 11.8 Å². The van der Waals surface area contributed by atoms with Crippen molar-refractivity contribution in [2.75, 3.05) is 20.6 Å². The maximum atomic E-state index is 12.3. The molecule has 0 aromatic carbocycles. The molecule has 1 rings (SSSR count). The normalized spacial score (nSPS) is 18.4. The molecule has 0 aliphatic heterocycles. The van der Waals surface area contributed by atoms with Gasteiger partial charge in [-0.1, -0.05) is 13.3 Å². The van der Waals surface area contributed by atoms with Gasteiger partial charge in [-0.25, -0.2) is 0 Å². The van der Waals surface area contributed by atoms with Crippen LogP contribution >= 0.6 is 0 Å². The highest BCUT2D eigenvalue weighted by Gasteiger charge is 2.51. The van der Waals surface area contributed by atoms with Gasteiger partial charge in [-0.3, -0.25) is 14.4 Å². The van der Waals surface area contributed by atoms with Gasteiger partial charge in [-0.2, -0.15) is 0 Å². The number of carbonyl (C=O) groups is 3. The molecular formula is C12H20N2O4. The van der Waals surface area contributed by atoms with Gasteiger partial charge in [0.1, 0.15) is 5.41 Å². The number of rotatable bonds is 5. The van der Waals surface area contributed by atoms with E-state index in [9.17, 15) is 14.4 Å². The van der Waals surface area contributed by atoms with E-state index in [1.54, 1.807) is 14.0 Å². The highest BCUT2D eigenvalue weighted by atomic mass is 16.4. The summed E-state index contributed by atoms with van der Waals surface area (Å²) in [6, 6.07) is 0. The fourth-order valence-electron chi connectivity index (χ4n) is 2.24.